The van der Waals surface area contributed by atoms with Crippen molar-refractivity contribution >= 4 is 0 Å². The van der Waals surface area contributed by atoms with Crippen molar-refractivity contribution in [2.45, 2.75) is 5.92 Å². The van der Waals surface area contributed by atoms with Crippen LogP contribution in [0, 0.1) is 11.6 Å². The van der Waals surface area contributed by atoms with Crippen LogP contribution in [0.5, 0.6) is 0 Å². The minimum atomic E-state index is -0.286. The summed E-state index contributed by atoms with van der Waals surface area (Å²) < 4.78 is 26.1. The fraction of sp³-hybridized carbons (Fsp3) is 0.0625. The van der Waals surface area contributed by atoms with Gasteiger partial charge < -0.3 is 4.98 Å². The van der Waals surface area contributed by atoms with Gasteiger partial charge in [-0.25, -0.2) is 13.8 Å². The second-order valence-corrected chi connectivity index (χ2v) is 4.51. The molecule has 0 atom stereocenters. The molecule has 100 valence electrons. The molecule has 0 spiro atoms. The van der Waals surface area contributed by atoms with E-state index in [9.17, 15) is 8.78 Å². The van der Waals surface area contributed by atoms with Crippen molar-refractivity contribution in [1.82, 2.24) is 9.97 Å². The molecule has 0 aliphatic rings. The van der Waals surface area contributed by atoms with Crippen molar-refractivity contribution < 1.29 is 8.78 Å². The first-order chi connectivity index (χ1) is 9.74. The SMILES string of the molecule is Fc1ccc(C(c2ccc(F)cc2)c2ncc[nH]2)cc1. The second-order valence-electron chi connectivity index (χ2n) is 4.51. The second kappa shape index (κ2) is 5.25. The summed E-state index contributed by atoms with van der Waals surface area (Å²) in [6, 6.07) is 12.5. The van der Waals surface area contributed by atoms with Crippen LogP contribution in [0.25, 0.3) is 0 Å². The van der Waals surface area contributed by atoms with Crippen LogP contribution in [0.4, 0.5) is 8.78 Å². The number of rotatable bonds is 3. The quantitative estimate of drug-likeness (QED) is 0.769. The predicted octanol–water partition coefficient (Wildman–Crippen LogP) is 3.87. The highest BCUT2D eigenvalue weighted by Gasteiger charge is 2.19. The lowest BCUT2D eigenvalue weighted by molar-refractivity contribution is 0.625. The van der Waals surface area contributed by atoms with Gasteiger partial charge in [0.25, 0.3) is 0 Å². The first kappa shape index (κ1) is 12.5. The molecule has 1 heterocycles. The van der Waals surface area contributed by atoms with Crippen molar-refractivity contribution in [3.05, 3.63) is 89.5 Å². The highest BCUT2D eigenvalue weighted by atomic mass is 19.1. The lowest BCUT2D eigenvalue weighted by atomic mass is 9.90. The zero-order valence-electron chi connectivity index (χ0n) is 10.6. The number of hydrogen-bond donors (Lipinski definition) is 1. The van der Waals surface area contributed by atoms with Crippen molar-refractivity contribution in [2.75, 3.05) is 0 Å². The first-order valence-electron chi connectivity index (χ1n) is 6.24. The molecule has 0 amide bonds. The van der Waals surface area contributed by atoms with Gasteiger partial charge >= 0.3 is 0 Å². The molecule has 3 aromatic rings. The zero-order chi connectivity index (χ0) is 13.9. The lowest BCUT2D eigenvalue weighted by Gasteiger charge is -2.16. The molecule has 0 radical (unpaired) electrons. The summed E-state index contributed by atoms with van der Waals surface area (Å²) >= 11 is 0. The summed E-state index contributed by atoms with van der Waals surface area (Å²) in [4.78, 5) is 7.34. The van der Waals surface area contributed by atoms with Gasteiger partial charge in [-0.2, -0.15) is 0 Å². The summed E-state index contributed by atoms with van der Waals surface area (Å²) in [6.45, 7) is 0. The molecular weight excluding hydrogens is 258 g/mol. The summed E-state index contributed by atoms with van der Waals surface area (Å²) in [5.74, 6) is -0.00785. The molecule has 2 aromatic carbocycles. The molecule has 0 aliphatic carbocycles. The van der Waals surface area contributed by atoms with Gasteiger partial charge in [0.1, 0.15) is 17.5 Å². The largest absolute Gasteiger partial charge is 0.348 e. The van der Waals surface area contributed by atoms with Gasteiger partial charge in [-0.1, -0.05) is 24.3 Å². The number of H-pyrrole nitrogens is 1. The van der Waals surface area contributed by atoms with Gasteiger partial charge in [-0.05, 0) is 35.4 Å². The number of aromatic amines is 1. The van der Waals surface area contributed by atoms with Crippen molar-refractivity contribution in [3.63, 3.8) is 0 Å². The highest BCUT2D eigenvalue weighted by Crippen LogP contribution is 2.29. The van der Waals surface area contributed by atoms with Crippen molar-refractivity contribution in [1.29, 1.82) is 0 Å². The molecule has 0 bridgehead atoms. The molecule has 0 aliphatic heterocycles. The van der Waals surface area contributed by atoms with Crippen molar-refractivity contribution in [3.8, 4) is 0 Å². The van der Waals surface area contributed by atoms with Crippen molar-refractivity contribution in [2.24, 2.45) is 0 Å². The number of aromatic nitrogens is 2. The Morgan fingerprint density at radius 3 is 1.70 bits per heavy atom. The molecular formula is C16H12F2N2. The van der Waals surface area contributed by atoms with E-state index in [1.165, 1.54) is 24.3 Å². The monoisotopic (exact) mass is 270 g/mol. The molecule has 0 saturated heterocycles. The first-order valence-corrected chi connectivity index (χ1v) is 6.24. The van der Waals surface area contributed by atoms with E-state index in [-0.39, 0.29) is 17.6 Å². The Bertz CT molecular complexity index is 628. The van der Waals surface area contributed by atoms with Crippen LogP contribution in [0.3, 0.4) is 0 Å². The van der Waals surface area contributed by atoms with E-state index < -0.39 is 0 Å². The number of nitrogens with zero attached hydrogens (tertiary/aromatic N) is 1. The Morgan fingerprint density at radius 2 is 1.30 bits per heavy atom. The Balaban J connectivity index is 2.09. The third-order valence-electron chi connectivity index (χ3n) is 3.20. The van der Waals surface area contributed by atoms with Crippen LogP contribution in [-0.2, 0) is 0 Å². The van der Waals surface area contributed by atoms with E-state index in [0.29, 0.717) is 0 Å². The van der Waals surface area contributed by atoms with Crippen LogP contribution >= 0.6 is 0 Å². The van der Waals surface area contributed by atoms with Gasteiger partial charge in [0.05, 0.1) is 5.92 Å². The van der Waals surface area contributed by atoms with Crippen LogP contribution in [0.15, 0.2) is 60.9 Å². The number of imidazole rings is 1. The minimum absolute atomic E-state index is 0.175. The van der Waals surface area contributed by atoms with Gasteiger partial charge in [0.15, 0.2) is 0 Å². The normalized spacial score (nSPS) is 10.9. The third-order valence-corrected chi connectivity index (χ3v) is 3.20. The molecule has 2 nitrogen and oxygen atoms in total. The molecule has 0 fully saturated rings. The van der Waals surface area contributed by atoms with Gasteiger partial charge in [0, 0.05) is 12.4 Å². The van der Waals surface area contributed by atoms with Gasteiger partial charge in [-0.15, -0.1) is 0 Å². The predicted molar refractivity (Wildman–Crippen MR) is 72.3 cm³/mol. The minimum Gasteiger partial charge on any atom is -0.348 e. The molecule has 1 N–H and O–H groups in total. The Labute approximate surface area is 115 Å². The number of halogens is 2. The lowest BCUT2D eigenvalue weighted by Crippen LogP contribution is -2.05. The molecule has 20 heavy (non-hydrogen) atoms. The fourth-order valence-electron chi connectivity index (χ4n) is 2.25. The summed E-state index contributed by atoms with van der Waals surface area (Å²) in [7, 11) is 0. The van der Waals surface area contributed by atoms with Gasteiger partial charge in [-0.3, -0.25) is 0 Å². The van der Waals surface area contributed by atoms with Crippen LogP contribution in [0.2, 0.25) is 0 Å². The zero-order valence-corrected chi connectivity index (χ0v) is 10.6. The molecule has 4 heteroatoms. The maximum absolute atomic E-state index is 13.1. The van der Waals surface area contributed by atoms with Gasteiger partial charge in [0.2, 0.25) is 0 Å². The van der Waals surface area contributed by atoms with E-state index in [2.05, 4.69) is 9.97 Å². The average Bonchev–Trinajstić information content (AvgIpc) is 2.97. The summed E-state index contributed by atoms with van der Waals surface area (Å²) in [5.41, 5.74) is 1.79. The standard InChI is InChI=1S/C16H12F2N2/c17-13-5-1-11(2-6-13)15(16-19-9-10-20-16)12-3-7-14(18)8-4-12/h1-10,15H,(H,19,20). The topological polar surface area (TPSA) is 28.7 Å². The fourth-order valence-corrected chi connectivity index (χ4v) is 2.25. The summed E-state index contributed by atoms with van der Waals surface area (Å²) in [6.07, 6.45) is 3.39. The maximum Gasteiger partial charge on any atom is 0.123 e. The van der Waals surface area contributed by atoms with E-state index in [1.807, 2.05) is 0 Å². The Morgan fingerprint density at radius 1 is 0.800 bits per heavy atom. The smallest absolute Gasteiger partial charge is 0.123 e. The van der Waals surface area contributed by atoms with E-state index in [0.717, 1.165) is 17.0 Å². The third kappa shape index (κ3) is 2.45. The van der Waals surface area contributed by atoms with Crippen LogP contribution in [-0.4, -0.2) is 9.97 Å². The number of nitrogens with one attached hydrogen (secondary N) is 1. The molecule has 3 rings (SSSR count). The van der Waals surface area contributed by atoms with Crippen LogP contribution in [0.1, 0.15) is 22.9 Å². The average molecular weight is 270 g/mol. The van der Waals surface area contributed by atoms with E-state index in [1.54, 1.807) is 36.7 Å². The molecule has 0 unspecified atom stereocenters. The van der Waals surface area contributed by atoms with Crippen LogP contribution < -0.4 is 0 Å². The summed E-state index contributed by atoms with van der Waals surface area (Å²) in [5, 5.41) is 0. The highest BCUT2D eigenvalue weighted by molar-refractivity contribution is 5.38. The Kier molecular flexibility index (Phi) is 3.29. The number of hydrogen-bond acceptors (Lipinski definition) is 1. The Hall–Kier alpha value is -2.49. The van der Waals surface area contributed by atoms with E-state index in [4.69, 9.17) is 0 Å². The maximum atomic E-state index is 13.1. The van der Waals surface area contributed by atoms with E-state index >= 15 is 0 Å². The molecule has 0 saturated carbocycles. The number of benzene rings is 2. The molecule has 1 aromatic heterocycles.